The highest BCUT2D eigenvalue weighted by Crippen LogP contribution is 2.37. The third-order valence-corrected chi connectivity index (χ3v) is 4.52. The number of carbonyl (C=O) groups excluding carboxylic acids is 1. The molecule has 1 atom stereocenters. The summed E-state index contributed by atoms with van der Waals surface area (Å²) in [7, 11) is 0. The van der Waals surface area contributed by atoms with E-state index in [1.54, 1.807) is 29.6 Å². The molecule has 0 N–H and O–H groups in total. The minimum Gasteiger partial charge on any atom is -0.245 e. The van der Waals surface area contributed by atoms with Crippen LogP contribution in [0.2, 0.25) is 0 Å². The standard InChI is InChI=1S/C20H25N4O/c1-15(2)18-19(16(3)4)24(14-22-18,12-17-8-6-5-7-9-17)20(25)23-11-10-21-13-23/h5-11,13-16H,12H2,1-4H3/q+1. The quantitative estimate of drug-likeness (QED) is 0.775. The van der Waals surface area contributed by atoms with Crippen molar-refractivity contribution in [2.75, 3.05) is 0 Å². The third kappa shape index (κ3) is 3.07. The molecule has 0 saturated heterocycles. The Morgan fingerprint density at radius 2 is 1.84 bits per heavy atom. The van der Waals surface area contributed by atoms with Gasteiger partial charge in [-0.05, 0) is 0 Å². The smallest absolute Gasteiger partial charge is 0.245 e. The summed E-state index contributed by atoms with van der Waals surface area (Å²) in [4.78, 5) is 22.2. The molecule has 0 radical (unpaired) electrons. The second kappa shape index (κ2) is 6.76. The van der Waals surface area contributed by atoms with E-state index in [1.807, 2.05) is 18.2 Å². The van der Waals surface area contributed by atoms with Crippen LogP contribution < -0.4 is 0 Å². The molecule has 1 aromatic heterocycles. The molecule has 5 nitrogen and oxygen atoms in total. The first-order valence-electron chi connectivity index (χ1n) is 8.70. The lowest BCUT2D eigenvalue weighted by molar-refractivity contribution is -0.726. The summed E-state index contributed by atoms with van der Waals surface area (Å²) in [5.74, 6) is 0.469. The lowest BCUT2D eigenvalue weighted by atomic mass is 9.99. The van der Waals surface area contributed by atoms with Gasteiger partial charge < -0.3 is 0 Å². The zero-order valence-electron chi connectivity index (χ0n) is 15.3. The van der Waals surface area contributed by atoms with Crippen LogP contribution >= 0.6 is 0 Å². The summed E-state index contributed by atoms with van der Waals surface area (Å²) in [5, 5.41) is 0. The summed E-state index contributed by atoms with van der Waals surface area (Å²) in [5.41, 5.74) is 3.18. The Morgan fingerprint density at radius 1 is 1.12 bits per heavy atom. The van der Waals surface area contributed by atoms with Crippen LogP contribution in [0, 0.1) is 11.8 Å². The van der Waals surface area contributed by atoms with Crippen LogP contribution in [-0.2, 0) is 6.54 Å². The molecule has 1 amide bonds. The molecule has 1 aliphatic heterocycles. The Bertz CT molecular complexity index is 803. The number of benzene rings is 1. The summed E-state index contributed by atoms with van der Waals surface area (Å²) in [6.45, 7) is 9.06. The van der Waals surface area contributed by atoms with Gasteiger partial charge in [-0.2, -0.15) is 4.48 Å². The second-order valence-corrected chi connectivity index (χ2v) is 7.09. The Balaban J connectivity index is 2.16. The van der Waals surface area contributed by atoms with Gasteiger partial charge in [0.15, 0.2) is 0 Å². The minimum absolute atomic E-state index is 0.0514. The van der Waals surface area contributed by atoms with Crippen molar-refractivity contribution in [1.29, 1.82) is 0 Å². The summed E-state index contributed by atoms with van der Waals surface area (Å²) in [6.07, 6.45) is 6.70. The van der Waals surface area contributed by atoms with E-state index in [0.717, 1.165) is 17.0 Å². The molecule has 25 heavy (non-hydrogen) atoms. The highest BCUT2D eigenvalue weighted by Gasteiger charge is 2.48. The second-order valence-electron chi connectivity index (χ2n) is 7.09. The van der Waals surface area contributed by atoms with E-state index in [0.29, 0.717) is 6.54 Å². The maximum atomic E-state index is 13.5. The van der Waals surface area contributed by atoms with Gasteiger partial charge in [0, 0.05) is 29.8 Å². The Hall–Kier alpha value is -2.53. The molecule has 1 aliphatic rings. The van der Waals surface area contributed by atoms with E-state index < -0.39 is 0 Å². The van der Waals surface area contributed by atoms with E-state index in [1.165, 1.54) is 0 Å². The van der Waals surface area contributed by atoms with Gasteiger partial charge in [-0.1, -0.05) is 58.0 Å². The van der Waals surface area contributed by atoms with Crippen molar-refractivity contribution in [3.8, 4) is 0 Å². The Morgan fingerprint density at radius 3 is 2.40 bits per heavy atom. The van der Waals surface area contributed by atoms with Gasteiger partial charge in [-0.15, -0.1) is 0 Å². The van der Waals surface area contributed by atoms with Gasteiger partial charge in [0.05, 0.1) is 0 Å². The summed E-state index contributed by atoms with van der Waals surface area (Å²) < 4.78 is 1.64. The van der Waals surface area contributed by atoms with E-state index in [4.69, 9.17) is 4.99 Å². The fourth-order valence-corrected chi connectivity index (χ4v) is 3.49. The van der Waals surface area contributed by atoms with Gasteiger partial charge in [0.25, 0.3) is 0 Å². The minimum atomic E-state index is -0.0514. The first kappa shape index (κ1) is 17.3. The largest absolute Gasteiger partial charge is 0.439 e. The molecule has 0 bridgehead atoms. The van der Waals surface area contributed by atoms with Gasteiger partial charge in [-0.3, -0.25) is 0 Å². The van der Waals surface area contributed by atoms with Crippen LogP contribution in [0.15, 0.2) is 65.4 Å². The van der Waals surface area contributed by atoms with Crippen molar-refractivity contribution in [3.05, 3.63) is 66.0 Å². The maximum Gasteiger partial charge on any atom is 0.439 e. The number of carbonyl (C=O) groups is 1. The van der Waals surface area contributed by atoms with Crippen LogP contribution in [-0.4, -0.2) is 26.4 Å². The van der Waals surface area contributed by atoms with Gasteiger partial charge in [0.1, 0.15) is 24.3 Å². The van der Waals surface area contributed by atoms with Crippen LogP contribution in [0.4, 0.5) is 4.79 Å². The average Bonchev–Trinajstić information content (AvgIpc) is 3.23. The number of rotatable bonds is 4. The molecule has 0 spiro atoms. The number of imidazole rings is 1. The SMILES string of the molecule is CC(C)C1=C(C(C)C)[N+](Cc2ccccc2)(C(=O)n2ccnc2)C=N1. The zero-order chi connectivity index (χ0) is 18.0. The van der Waals surface area contributed by atoms with Gasteiger partial charge >= 0.3 is 6.03 Å². The van der Waals surface area contributed by atoms with Crippen LogP contribution in [0.3, 0.4) is 0 Å². The topological polar surface area (TPSA) is 47.2 Å². The predicted molar refractivity (Wildman–Crippen MR) is 98.6 cm³/mol. The molecule has 0 aliphatic carbocycles. The number of hydrogen-bond acceptors (Lipinski definition) is 3. The third-order valence-electron chi connectivity index (χ3n) is 4.52. The molecule has 3 rings (SSSR count). The summed E-state index contributed by atoms with van der Waals surface area (Å²) >= 11 is 0. The number of nitrogens with zero attached hydrogens (tertiary/aromatic N) is 4. The zero-order valence-corrected chi connectivity index (χ0v) is 15.3. The maximum absolute atomic E-state index is 13.5. The molecule has 2 heterocycles. The Labute approximate surface area is 148 Å². The number of hydrogen-bond donors (Lipinski definition) is 0. The van der Waals surface area contributed by atoms with E-state index in [2.05, 4.69) is 44.8 Å². The number of quaternary nitrogens is 1. The van der Waals surface area contributed by atoms with Crippen molar-refractivity contribution >= 4 is 12.4 Å². The molecule has 0 saturated carbocycles. The predicted octanol–water partition coefficient (Wildman–Crippen LogP) is 4.43. The first-order chi connectivity index (χ1) is 12.0. The van der Waals surface area contributed by atoms with Crippen molar-refractivity contribution in [2.24, 2.45) is 16.8 Å². The van der Waals surface area contributed by atoms with Crippen LogP contribution in [0.1, 0.15) is 33.3 Å². The van der Waals surface area contributed by atoms with Crippen molar-refractivity contribution in [1.82, 2.24) is 9.55 Å². The normalized spacial score (nSPS) is 20.1. The van der Waals surface area contributed by atoms with Crippen LogP contribution in [0.25, 0.3) is 0 Å². The lowest BCUT2D eigenvalue weighted by Crippen LogP contribution is -2.52. The van der Waals surface area contributed by atoms with Gasteiger partial charge in [0.2, 0.25) is 6.34 Å². The fourth-order valence-electron chi connectivity index (χ4n) is 3.49. The van der Waals surface area contributed by atoms with E-state index in [9.17, 15) is 4.79 Å². The van der Waals surface area contributed by atoms with Crippen molar-refractivity contribution in [2.45, 2.75) is 34.2 Å². The molecule has 0 fully saturated rings. The molecule has 2 aromatic rings. The molecular formula is C20H25N4O+. The molecule has 130 valence electrons. The van der Waals surface area contributed by atoms with E-state index >= 15 is 0 Å². The first-order valence-corrected chi connectivity index (χ1v) is 8.70. The highest BCUT2D eigenvalue weighted by atomic mass is 16.2. The Kier molecular flexibility index (Phi) is 4.68. The molecule has 1 unspecified atom stereocenters. The molecular weight excluding hydrogens is 312 g/mol. The number of aromatic nitrogens is 2. The molecule has 1 aromatic carbocycles. The number of aliphatic imine (C=N–C) groups is 1. The van der Waals surface area contributed by atoms with Gasteiger partial charge in [-0.25, -0.2) is 19.3 Å². The van der Waals surface area contributed by atoms with Crippen LogP contribution in [0.5, 0.6) is 0 Å². The highest BCUT2D eigenvalue weighted by molar-refractivity contribution is 5.81. The lowest BCUT2D eigenvalue weighted by Gasteiger charge is -2.32. The average molecular weight is 337 g/mol. The fraction of sp³-hybridized carbons (Fsp3) is 0.350. The van der Waals surface area contributed by atoms with Crippen molar-refractivity contribution < 1.29 is 9.28 Å². The van der Waals surface area contributed by atoms with Crippen molar-refractivity contribution in [3.63, 3.8) is 0 Å². The summed E-state index contributed by atoms with van der Waals surface area (Å²) in [6, 6.07) is 10.1. The monoisotopic (exact) mass is 337 g/mol. The number of amides is 1. The van der Waals surface area contributed by atoms with E-state index in [-0.39, 0.29) is 22.3 Å². The number of allylic oxidation sites excluding steroid dienone is 2. The molecule has 5 heteroatoms.